The van der Waals surface area contributed by atoms with Crippen molar-refractivity contribution in [3.63, 3.8) is 0 Å². The molecule has 1 aliphatic heterocycles. The number of aromatic nitrogens is 1. The van der Waals surface area contributed by atoms with Crippen LogP contribution in [-0.4, -0.2) is 31.7 Å². The Kier molecular flexibility index (Phi) is 5.71. The molecule has 3 rings (SSSR count). The number of piperidine rings is 1. The second kappa shape index (κ2) is 7.49. The highest BCUT2D eigenvalue weighted by molar-refractivity contribution is 7.92. The van der Waals surface area contributed by atoms with Crippen LogP contribution < -0.4 is 4.90 Å². The van der Waals surface area contributed by atoms with Crippen molar-refractivity contribution in [2.45, 2.75) is 23.0 Å². The molecule has 0 bridgehead atoms. The van der Waals surface area contributed by atoms with Crippen LogP contribution in [0.1, 0.15) is 12.8 Å². The third-order valence-corrected chi connectivity index (χ3v) is 7.80. The SMILES string of the molecule is O=S(=O)(c1ccc(Cl)c(Cl)c1)C1CCN(c2c(Cl)cncc2Cl)CC1. The summed E-state index contributed by atoms with van der Waals surface area (Å²) in [5, 5.41) is 0.991. The van der Waals surface area contributed by atoms with E-state index in [1.54, 1.807) is 0 Å². The molecule has 1 aromatic carbocycles. The van der Waals surface area contributed by atoms with E-state index >= 15 is 0 Å². The van der Waals surface area contributed by atoms with E-state index in [4.69, 9.17) is 46.4 Å². The summed E-state index contributed by atoms with van der Waals surface area (Å²) in [6, 6.07) is 4.40. The first-order valence-electron chi connectivity index (χ1n) is 7.53. The summed E-state index contributed by atoms with van der Waals surface area (Å²) in [4.78, 5) is 6.13. The summed E-state index contributed by atoms with van der Waals surface area (Å²) in [6.07, 6.45) is 4.00. The number of anilines is 1. The molecule has 1 aromatic heterocycles. The minimum Gasteiger partial charge on any atom is -0.369 e. The van der Waals surface area contributed by atoms with Gasteiger partial charge in [-0.05, 0) is 31.0 Å². The largest absolute Gasteiger partial charge is 0.369 e. The quantitative estimate of drug-likeness (QED) is 0.664. The number of hydrogen-bond acceptors (Lipinski definition) is 4. The van der Waals surface area contributed by atoms with Crippen LogP contribution in [0, 0.1) is 0 Å². The van der Waals surface area contributed by atoms with Crippen LogP contribution in [0.3, 0.4) is 0 Å². The predicted octanol–water partition coefficient (Wildman–Crippen LogP) is 5.14. The zero-order chi connectivity index (χ0) is 18.2. The van der Waals surface area contributed by atoms with Gasteiger partial charge in [0.2, 0.25) is 0 Å². The lowest BCUT2D eigenvalue weighted by molar-refractivity contribution is 0.530. The molecule has 2 heterocycles. The maximum atomic E-state index is 12.8. The van der Waals surface area contributed by atoms with Crippen LogP contribution in [-0.2, 0) is 9.84 Å². The van der Waals surface area contributed by atoms with Crippen LogP contribution in [0.5, 0.6) is 0 Å². The second-order valence-electron chi connectivity index (χ2n) is 5.76. The lowest BCUT2D eigenvalue weighted by Crippen LogP contribution is -2.39. The molecule has 25 heavy (non-hydrogen) atoms. The van der Waals surface area contributed by atoms with E-state index in [0.717, 1.165) is 0 Å². The Bertz CT molecular complexity index is 877. The maximum absolute atomic E-state index is 12.8. The fourth-order valence-electron chi connectivity index (χ4n) is 2.94. The average Bonchev–Trinajstić information content (AvgIpc) is 2.57. The van der Waals surface area contributed by atoms with Crippen LogP contribution in [0.25, 0.3) is 0 Å². The molecule has 9 heteroatoms. The van der Waals surface area contributed by atoms with Crippen LogP contribution in [0.2, 0.25) is 20.1 Å². The van der Waals surface area contributed by atoms with Crippen molar-refractivity contribution in [2.75, 3.05) is 18.0 Å². The zero-order valence-electron chi connectivity index (χ0n) is 12.9. The molecule has 1 aliphatic rings. The first kappa shape index (κ1) is 19.1. The van der Waals surface area contributed by atoms with Crippen LogP contribution >= 0.6 is 46.4 Å². The fourth-order valence-corrected chi connectivity index (χ4v) is 5.67. The smallest absolute Gasteiger partial charge is 0.181 e. The molecule has 0 atom stereocenters. The summed E-state index contributed by atoms with van der Waals surface area (Å²) >= 11 is 24.2. The normalized spacial score (nSPS) is 16.2. The summed E-state index contributed by atoms with van der Waals surface area (Å²) in [5.74, 6) is 0. The molecular weight excluding hydrogens is 426 g/mol. The number of sulfone groups is 1. The molecule has 0 radical (unpaired) electrons. The van der Waals surface area contributed by atoms with Gasteiger partial charge in [0.05, 0.1) is 35.9 Å². The Labute approximate surface area is 166 Å². The fraction of sp³-hybridized carbons (Fsp3) is 0.312. The number of nitrogens with zero attached hydrogens (tertiary/aromatic N) is 2. The first-order valence-corrected chi connectivity index (χ1v) is 10.6. The molecule has 0 aliphatic carbocycles. The van der Waals surface area contributed by atoms with E-state index in [0.29, 0.717) is 46.7 Å². The molecule has 4 nitrogen and oxygen atoms in total. The lowest BCUT2D eigenvalue weighted by atomic mass is 10.1. The summed E-state index contributed by atoms with van der Waals surface area (Å²) in [5.41, 5.74) is 0.698. The first-order chi connectivity index (χ1) is 11.8. The van der Waals surface area contributed by atoms with Gasteiger partial charge in [-0.1, -0.05) is 46.4 Å². The van der Waals surface area contributed by atoms with Gasteiger partial charge in [-0.3, -0.25) is 4.98 Å². The number of benzene rings is 1. The molecule has 0 unspecified atom stereocenters. The monoisotopic (exact) mass is 438 g/mol. The van der Waals surface area contributed by atoms with Crippen molar-refractivity contribution in [3.8, 4) is 0 Å². The van der Waals surface area contributed by atoms with Gasteiger partial charge in [0.15, 0.2) is 9.84 Å². The van der Waals surface area contributed by atoms with E-state index in [1.165, 1.54) is 30.6 Å². The molecule has 1 fully saturated rings. The van der Waals surface area contributed by atoms with Gasteiger partial charge in [-0.15, -0.1) is 0 Å². The summed E-state index contributed by atoms with van der Waals surface area (Å²) in [7, 11) is -3.48. The second-order valence-corrected chi connectivity index (χ2v) is 9.62. The lowest BCUT2D eigenvalue weighted by Gasteiger charge is -2.34. The van der Waals surface area contributed by atoms with E-state index in [-0.39, 0.29) is 9.92 Å². The Balaban J connectivity index is 1.78. The van der Waals surface area contributed by atoms with Gasteiger partial charge < -0.3 is 4.90 Å². The standard InChI is InChI=1S/C16H14Cl4N2O2S/c17-12-2-1-11(7-13(12)18)25(23,24)10-3-5-22(6-4-10)16-14(19)8-21-9-15(16)20/h1-2,7-10H,3-6H2. The minimum atomic E-state index is -3.48. The van der Waals surface area contributed by atoms with Crippen molar-refractivity contribution in [1.82, 2.24) is 4.98 Å². The number of pyridine rings is 1. The molecular formula is C16H14Cl4N2O2S. The maximum Gasteiger partial charge on any atom is 0.181 e. The predicted molar refractivity (Wildman–Crippen MR) is 103 cm³/mol. The Morgan fingerprint density at radius 1 is 0.920 bits per heavy atom. The number of halogens is 4. The topological polar surface area (TPSA) is 50.3 Å². The summed E-state index contributed by atoms with van der Waals surface area (Å²) in [6.45, 7) is 1.07. The van der Waals surface area contributed by atoms with Gasteiger partial charge in [0.1, 0.15) is 0 Å². The number of hydrogen-bond donors (Lipinski definition) is 0. The molecule has 134 valence electrons. The number of rotatable bonds is 3. The van der Waals surface area contributed by atoms with Crippen molar-refractivity contribution in [2.24, 2.45) is 0 Å². The molecule has 0 N–H and O–H groups in total. The zero-order valence-corrected chi connectivity index (χ0v) is 16.8. The van der Waals surface area contributed by atoms with E-state index < -0.39 is 15.1 Å². The Morgan fingerprint density at radius 2 is 1.52 bits per heavy atom. The molecule has 0 spiro atoms. The van der Waals surface area contributed by atoms with Crippen LogP contribution in [0.15, 0.2) is 35.5 Å². The van der Waals surface area contributed by atoms with Crippen LogP contribution in [0.4, 0.5) is 5.69 Å². The molecule has 0 amide bonds. The van der Waals surface area contributed by atoms with Crippen molar-refractivity contribution < 1.29 is 8.42 Å². The van der Waals surface area contributed by atoms with E-state index in [9.17, 15) is 8.42 Å². The Hall–Kier alpha value is -0.720. The average molecular weight is 440 g/mol. The van der Waals surface area contributed by atoms with Gasteiger partial charge in [-0.2, -0.15) is 0 Å². The van der Waals surface area contributed by atoms with E-state index in [2.05, 4.69) is 4.98 Å². The highest BCUT2D eigenvalue weighted by atomic mass is 35.5. The third-order valence-electron chi connectivity index (χ3n) is 4.24. The van der Waals surface area contributed by atoms with E-state index in [1.807, 2.05) is 4.90 Å². The molecule has 2 aromatic rings. The van der Waals surface area contributed by atoms with Gasteiger partial charge >= 0.3 is 0 Å². The summed E-state index contributed by atoms with van der Waals surface area (Å²) < 4.78 is 25.7. The van der Waals surface area contributed by atoms with Crippen molar-refractivity contribution >= 4 is 61.9 Å². The van der Waals surface area contributed by atoms with Crippen molar-refractivity contribution in [3.05, 3.63) is 50.7 Å². The van der Waals surface area contributed by atoms with Gasteiger partial charge in [-0.25, -0.2) is 8.42 Å². The Morgan fingerprint density at radius 3 is 2.08 bits per heavy atom. The van der Waals surface area contributed by atoms with Gasteiger partial charge in [0, 0.05) is 25.5 Å². The minimum absolute atomic E-state index is 0.195. The third kappa shape index (κ3) is 3.86. The molecule has 1 saturated heterocycles. The highest BCUT2D eigenvalue weighted by Gasteiger charge is 2.32. The highest BCUT2D eigenvalue weighted by Crippen LogP contribution is 2.36. The van der Waals surface area contributed by atoms with Crippen molar-refractivity contribution in [1.29, 1.82) is 0 Å². The van der Waals surface area contributed by atoms with Gasteiger partial charge in [0.25, 0.3) is 0 Å². The molecule has 0 saturated carbocycles.